The first kappa shape index (κ1) is 18.3. The Kier molecular flexibility index (Phi) is 8.07. The van der Waals surface area contributed by atoms with E-state index >= 15 is 0 Å². The van der Waals surface area contributed by atoms with Gasteiger partial charge in [0, 0.05) is 20.1 Å². The van der Waals surface area contributed by atoms with Gasteiger partial charge in [0.25, 0.3) is 0 Å². The van der Waals surface area contributed by atoms with Gasteiger partial charge in [0.15, 0.2) is 5.96 Å². The molecule has 0 amide bonds. The average Bonchev–Trinajstić information content (AvgIpc) is 3.27. The third-order valence-electron chi connectivity index (χ3n) is 3.99. The molecule has 1 aliphatic rings. The molecular weight excluding hydrogens is 373 g/mol. The first-order valence-corrected chi connectivity index (χ1v) is 7.70. The summed E-state index contributed by atoms with van der Waals surface area (Å²) in [5.41, 5.74) is 2.68. The Morgan fingerprint density at radius 1 is 1.24 bits per heavy atom. The van der Waals surface area contributed by atoms with Crippen molar-refractivity contribution in [2.45, 2.75) is 39.0 Å². The van der Waals surface area contributed by atoms with Crippen molar-refractivity contribution in [1.29, 1.82) is 0 Å². The third-order valence-corrected chi connectivity index (χ3v) is 3.99. The lowest BCUT2D eigenvalue weighted by Gasteiger charge is -2.16. The predicted molar refractivity (Wildman–Crippen MR) is 102 cm³/mol. The predicted octanol–water partition coefficient (Wildman–Crippen LogP) is 3.68. The van der Waals surface area contributed by atoms with Crippen molar-refractivity contribution < 1.29 is 0 Å². The molecule has 1 aromatic carbocycles. The molecule has 3 nitrogen and oxygen atoms in total. The maximum atomic E-state index is 4.28. The fourth-order valence-corrected chi connectivity index (χ4v) is 2.28. The van der Waals surface area contributed by atoms with Gasteiger partial charge in [-0.3, -0.25) is 4.99 Å². The van der Waals surface area contributed by atoms with Crippen LogP contribution in [0.5, 0.6) is 0 Å². The van der Waals surface area contributed by atoms with E-state index in [1.54, 1.807) is 0 Å². The highest BCUT2D eigenvalue weighted by molar-refractivity contribution is 14.0. The number of hydrogen-bond donors (Lipinski definition) is 2. The molecule has 0 aromatic heterocycles. The van der Waals surface area contributed by atoms with Crippen LogP contribution in [0, 0.1) is 12.8 Å². The average molecular weight is 401 g/mol. The van der Waals surface area contributed by atoms with Gasteiger partial charge in [-0.15, -0.1) is 24.0 Å². The largest absolute Gasteiger partial charge is 0.356 e. The molecule has 1 fully saturated rings. The molecule has 0 radical (unpaired) electrons. The van der Waals surface area contributed by atoms with Gasteiger partial charge in [-0.05, 0) is 30.7 Å². The van der Waals surface area contributed by atoms with E-state index in [9.17, 15) is 0 Å². The van der Waals surface area contributed by atoms with Crippen LogP contribution >= 0.6 is 24.0 Å². The van der Waals surface area contributed by atoms with E-state index in [0.717, 1.165) is 25.0 Å². The molecule has 1 aliphatic carbocycles. The van der Waals surface area contributed by atoms with E-state index in [0.29, 0.717) is 5.92 Å². The standard InChI is InChI=1S/C17H27N3.HI/c1-13-4-8-16(9-5-13)14(2)12-20-17(18-3)19-11-10-15-6-7-15;/h4-5,8-9,14-15H,6-7,10-12H2,1-3H3,(H2,18,19,20);1H. The number of aliphatic imine (C=N–C) groups is 1. The Balaban J connectivity index is 0.00000220. The first-order chi connectivity index (χ1) is 9.69. The van der Waals surface area contributed by atoms with Gasteiger partial charge in [-0.25, -0.2) is 0 Å². The van der Waals surface area contributed by atoms with Crippen molar-refractivity contribution in [2.75, 3.05) is 20.1 Å². The summed E-state index contributed by atoms with van der Waals surface area (Å²) < 4.78 is 0. The third kappa shape index (κ3) is 6.68. The fraction of sp³-hybridized carbons (Fsp3) is 0.588. The zero-order valence-corrected chi connectivity index (χ0v) is 15.7. The summed E-state index contributed by atoms with van der Waals surface area (Å²) in [5, 5.41) is 6.81. The van der Waals surface area contributed by atoms with Crippen LogP contribution in [-0.2, 0) is 0 Å². The summed E-state index contributed by atoms with van der Waals surface area (Å²) >= 11 is 0. The van der Waals surface area contributed by atoms with Crippen molar-refractivity contribution in [1.82, 2.24) is 10.6 Å². The van der Waals surface area contributed by atoms with Crippen LogP contribution in [-0.4, -0.2) is 26.1 Å². The zero-order valence-electron chi connectivity index (χ0n) is 13.4. The van der Waals surface area contributed by atoms with Crippen molar-refractivity contribution in [3.8, 4) is 0 Å². The normalized spacial score (nSPS) is 16.0. The summed E-state index contributed by atoms with van der Waals surface area (Å²) in [7, 11) is 1.84. The van der Waals surface area contributed by atoms with Gasteiger partial charge >= 0.3 is 0 Å². The number of nitrogens with one attached hydrogen (secondary N) is 2. The highest BCUT2D eigenvalue weighted by atomic mass is 127. The van der Waals surface area contributed by atoms with Crippen LogP contribution in [0.4, 0.5) is 0 Å². The highest BCUT2D eigenvalue weighted by Gasteiger charge is 2.20. The molecule has 2 rings (SSSR count). The highest BCUT2D eigenvalue weighted by Crippen LogP contribution is 2.31. The molecule has 0 bridgehead atoms. The summed E-state index contributed by atoms with van der Waals surface area (Å²) in [5.74, 6) is 2.37. The van der Waals surface area contributed by atoms with Crippen LogP contribution in [0.15, 0.2) is 29.3 Å². The van der Waals surface area contributed by atoms with Crippen LogP contribution in [0.1, 0.15) is 43.2 Å². The van der Waals surface area contributed by atoms with E-state index in [-0.39, 0.29) is 24.0 Å². The molecule has 4 heteroatoms. The second-order valence-corrected chi connectivity index (χ2v) is 5.92. The van der Waals surface area contributed by atoms with E-state index in [4.69, 9.17) is 0 Å². The molecule has 0 heterocycles. The van der Waals surface area contributed by atoms with E-state index in [2.05, 4.69) is 53.7 Å². The number of halogens is 1. The summed E-state index contributed by atoms with van der Waals surface area (Å²) in [6.07, 6.45) is 4.10. The van der Waals surface area contributed by atoms with Gasteiger partial charge in [-0.1, -0.05) is 49.6 Å². The van der Waals surface area contributed by atoms with Gasteiger partial charge in [0.05, 0.1) is 0 Å². The number of hydrogen-bond acceptors (Lipinski definition) is 1. The van der Waals surface area contributed by atoms with Gasteiger partial charge in [-0.2, -0.15) is 0 Å². The number of rotatable bonds is 6. The molecule has 118 valence electrons. The smallest absolute Gasteiger partial charge is 0.190 e. The fourth-order valence-electron chi connectivity index (χ4n) is 2.28. The van der Waals surface area contributed by atoms with Gasteiger partial charge in [0.2, 0.25) is 0 Å². The summed E-state index contributed by atoms with van der Waals surface area (Å²) in [6, 6.07) is 8.78. The molecule has 0 aliphatic heterocycles. The number of nitrogens with zero attached hydrogens (tertiary/aromatic N) is 1. The molecule has 0 spiro atoms. The second kappa shape index (κ2) is 9.28. The van der Waals surface area contributed by atoms with E-state index in [1.165, 1.54) is 30.4 Å². The summed E-state index contributed by atoms with van der Waals surface area (Å²) in [4.78, 5) is 4.28. The summed E-state index contributed by atoms with van der Waals surface area (Å²) in [6.45, 7) is 6.31. The minimum atomic E-state index is 0. The second-order valence-electron chi connectivity index (χ2n) is 5.92. The van der Waals surface area contributed by atoms with Crippen LogP contribution in [0.2, 0.25) is 0 Å². The molecular formula is C17H28IN3. The van der Waals surface area contributed by atoms with Crippen LogP contribution in [0.3, 0.4) is 0 Å². The molecule has 1 unspecified atom stereocenters. The number of benzene rings is 1. The van der Waals surface area contributed by atoms with E-state index in [1.807, 2.05) is 7.05 Å². The Hall–Kier alpha value is -0.780. The molecule has 2 N–H and O–H groups in total. The number of guanidine groups is 1. The molecule has 1 aromatic rings. The quantitative estimate of drug-likeness (QED) is 0.434. The maximum Gasteiger partial charge on any atom is 0.190 e. The van der Waals surface area contributed by atoms with E-state index < -0.39 is 0 Å². The van der Waals surface area contributed by atoms with Crippen molar-refractivity contribution in [3.05, 3.63) is 35.4 Å². The van der Waals surface area contributed by atoms with Crippen LogP contribution < -0.4 is 10.6 Å². The zero-order chi connectivity index (χ0) is 14.4. The molecule has 21 heavy (non-hydrogen) atoms. The minimum absolute atomic E-state index is 0. The van der Waals surface area contributed by atoms with Crippen molar-refractivity contribution in [3.63, 3.8) is 0 Å². The number of aryl methyl sites for hydroxylation is 1. The maximum absolute atomic E-state index is 4.28. The Bertz CT molecular complexity index is 438. The molecule has 1 saturated carbocycles. The molecule has 1 atom stereocenters. The minimum Gasteiger partial charge on any atom is -0.356 e. The lowest BCUT2D eigenvalue weighted by molar-refractivity contribution is 0.665. The van der Waals surface area contributed by atoms with Gasteiger partial charge in [0.1, 0.15) is 0 Å². The Labute approximate surface area is 146 Å². The van der Waals surface area contributed by atoms with Crippen LogP contribution in [0.25, 0.3) is 0 Å². The molecule has 0 saturated heterocycles. The van der Waals surface area contributed by atoms with Gasteiger partial charge < -0.3 is 10.6 Å². The lowest BCUT2D eigenvalue weighted by Crippen LogP contribution is -2.39. The monoisotopic (exact) mass is 401 g/mol. The SMILES string of the molecule is CN=C(NCCC1CC1)NCC(C)c1ccc(C)cc1.I. The Morgan fingerprint density at radius 2 is 1.90 bits per heavy atom. The van der Waals surface area contributed by atoms with Crippen molar-refractivity contribution in [2.24, 2.45) is 10.9 Å². The topological polar surface area (TPSA) is 36.4 Å². The lowest BCUT2D eigenvalue weighted by atomic mass is 10.0. The Morgan fingerprint density at radius 3 is 2.48 bits per heavy atom. The first-order valence-electron chi connectivity index (χ1n) is 7.70. The van der Waals surface area contributed by atoms with Crippen molar-refractivity contribution >= 4 is 29.9 Å².